The minimum atomic E-state index is 0.318. The molecule has 0 bridgehead atoms. The Bertz CT molecular complexity index is 941. The molecule has 1 aromatic heterocycles. The maximum absolute atomic E-state index is 9.33. The van der Waals surface area contributed by atoms with Crippen LogP contribution >= 0.6 is 0 Å². The van der Waals surface area contributed by atoms with Gasteiger partial charge in [0, 0.05) is 0 Å². The average molecular weight is 314 g/mol. The molecule has 4 nitrogen and oxygen atoms in total. The van der Waals surface area contributed by atoms with E-state index in [9.17, 15) is 5.26 Å². The van der Waals surface area contributed by atoms with E-state index in [4.69, 9.17) is 0 Å². The van der Waals surface area contributed by atoms with E-state index in [1.54, 1.807) is 4.68 Å². The first kappa shape index (κ1) is 15.7. The van der Waals surface area contributed by atoms with Gasteiger partial charge in [0.15, 0.2) is 5.69 Å². The summed E-state index contributed by atoms with van der Waals surface area (Å²) in [5.41, 5.74) is 6.49. The van der Waals surface area contributed by atoms with Crippen LogP contribution in [0.25, 0.3) is 17.8 Å². The first-order valence-corrected chi connectivity index (χ1v) is 7.76. The van der Waals surface area contributed by atoms with Gasteiger partial charge in [0.05, 0.1) is 5.69 Å². The van der Waals surface area contributed by atoms with Crippen molar-refractivity contribution in [2.75, 3.05) is 0 Å². The van der Waals surface area contributed by atoms with Gasteiger partial charge in [-0.25, -0.2) is 4.68 Å². The molecule has 4 heteroatoms. The summed E-state index contributed by atoms with van der Waals surface area (Å²) >= 11 is 0. The molecule has 0 saturated heterocycles. The summed E-state index contributed by atoms with van der Waals surface area (Å²) in [6, 6.07) is 16.5. The second-order valence-electron chi connectivity index (χ2n) is 5.88. The van der Waals surface area contributed by atoms with Crippen molar-refractivity contribution < 1.29 is 0 Å². The van der Waals surface area contributed by atoms with Crippen LogP contribution in [0.2, 0.25) is 0 Å². The fraction of sp³-hybridized carbons (Fsp3) is 0.150. The van der Waals surface area contributed by atoms with Crippen molar-refractivity contribution in [2.24, 2.45) is 0 Å². The van der Waals surface area contributed by atoms with E-state index in [0.717, 1.165) is 16.8 Å². The Morgan fingerprint density at radius 1 is 0.958 bits per heavy atom. The Hall–Kier alpha value is -3.19. The molecule has 0 N–H and O–H groups in total. The number of aryl methyl sites for hydroxylation is 3. The zero-order valence-electron chi connectivity index (χ0n) is 14.0. The molecule has 0 unspecified atom stereocenters. The molecule has 1 heterocycles. The molecule has 3 aromatic rings. The van der Waals surface area contributed by atoms with Gasteiger partial charge in [0.1, 0.15) is 11.8 Å². The third kappa shape index (κ3) is 3.11. The largest absolute Gasteiger partial charge is 0.212 e. The highest BCUT2D eigenvalue weighted by Gasteiger charge is 2.13. The van der Waals surface area contributed by atoms with Crippen molar-refractivity contribution in [2.45, 2.75) is 20.8 Å². The van der Waals surface area contributed by atoms with Gasteiger partial charge >= 0.3 is 0 Å². The van der Waals surface area contributed by atoms with Crippen molar-refractivity contribution in [1.82, 2.24) is 15.0 Å². The summed E-state index contributed by atoms with van der Waals surface area (Å²) in [6.07, 6.45) is 3.86. The monoisotopic (exact) mass is 314 g/mol. The van der Waals surface area contributed by atoms with Gasteiger partial charge in [-0.1, -0.05) is 58.8 Å². The highest BCUT2D eigenvalue weighted by atomic mass is 15.4. The van der Waals surface area contributed by atoms with Crippen molar-refractivity contribution in [3.8, 4) is 11.8 Å². The molecular weight excluding hydrogens is 296 g/mol. The topological polar surface area (TPSA) is 54.5 Å². The molecule has 0 aliphatic carbocycles. The van der Waals surface area contributed by atoms with Crippen LogP contribution in [0.1, 0.15) is 33.6 Å². The lowest BCUT2D eigenvalue weighted by Gasteiger charge is -2.08. The molecule has 0 amide bonds. The second-order valence-corrected chi connectivity index (χ2v) is 5.88. The normalized spacial score (nSPS) is 10.9. The number of hydrogen-bond donors (Lipinski definition) is 0. The van der Waals surface area contributed by atoms with E-state index in [-0.39, 0.29) is 0 Å². The zero-order chi connectivity index (χ0) is 17.1. The quantitative estimate of drug-likeness (QED) is 0.726. The highest BCUT2D eigenvalue weighted by molar-refractivity contribution is 5.71. The standard InChI is InChI=1S/C20H18N4/c1-14-4-7-17(8-5-14)9-11-20-18(13-21)22-23-24(20)19-10-6-15(2)12-16(19)3/h4-12H,1-3H3/b11-9+. The number of rotatable bonds is 3. The SMILES string of the molecule is Cc1ccc(/C=C/c2c(C#N)nnn2-c2ccc(C)cc2C)cc1. The first-order valence-electron chi connectivity index (χ1n) is 7.76. The van der Waals surface area contributed by atoms with Crippen LogP contribution in [0.15, 0.2) is 42.5 Å². The third-order valence-corrected chi connectivity index (χ3v) is 3.90. The van der Waals surface area contributed by atoms with Crippen molar-refractivity contribution >= 4 is 12.2 Å². The smallest absolute Gasteiger partial charge is 0.190 e. The Labute approximate surface area is 141 Å². The number of hydrogen-bond acceptors (Lipinski definition) is 3. The van der Waals surface area contributed by atoms with Gasteiger partial charge in [0.25, 0.3) is 0 Å². The van der Waals surface area contributed by atoms with Crippen molar-refractivity contribution in [3.63, 3.8) is 0 Å². The van der Waals surface area contributed by atoms with Gasteiger partial charge in [0.2, 0.25) is 0 Å². The van der Waals surface area contributed by atoms with E-state index in [1.165, 1.54) is 11.1 Å². The Kier molecular flexibility index (Phi) is 4.26. The maximum atomic E-state index is 9.33. The molecule has 0 fully saturated rings. The summed E-state index contributed by atoms with van der Waals surface area (Å²) < 4.78 is 1.72. The molecule has 0 aliphatic heterocycles. The second kappa shape index (κ2) is 6.51. The van der Waals surface area contributed by atoms with E-state index in [1.807, 2.05) is 43.3 Å². The fourth-order valence-corrected chi connectivity index (χ4v) is 2.59. The Morgan fingerprint density at radius 2 is 1.67 bits per heavy atom. The van der Waals surface area contributed by atoms with Crippen LogP contribution in [0.4, 0.5) is 0 Å². The fourth-order valence-electron chi connectivity index (χ4n) is 2.59. The van der Waals surface area contributed by atoms with Crippen LogP contribution in [-0.2, 0) is 0 Å². The maximum Gasteiger partial charge on any atom is 0.190 e. The molecule has 0 spiro atoms. The Morgan fingerprint density at radius 3 is 2.33 bits per heavy atom. The van der Waals surface area contributed by atoms with Gasteiger partial charge in [-0.2, -0.15) is 5.26 Å². The molecular formula is C20H18N4. The molecule has 0 aliphatic rings. The molecule has 118 valence electrons. The summed E-state index contributed by atoms with van der Waals surface area (Å²) in [5.74, 6) is 0. The number of nitriles is 1. The average Bonchev–Trinajstić information content (AvgIpc) is 2.97. The van der Waals surface area contributed by atoms with Gasteiger partial charge in [-0.05, 0) is 44.0 Å². The summed E-state index contributed by atoms with van der Waals surface area (Å²) in [6.45, 7) is 6.14. The zero-order valence-corrected chi connectivity index (χ0v) is 14.0. The number of nitrogens with zero attached hydrogens (tertiary/aromatic N) is 4. The van der Waals surface area contributed by atoms with Crippen LogP contribution in [0, 0.1) is 32.1 Å². The number of benzene rings is 2. The summed E-state index contributed by atoms with van der Waals surface area (Å²) in [5, 5.41) is 17.5. The lowest BCUT2D eigenvalue weighted by Crippen LogP contribution is -2.02. The highest BCUT2D eigenvalue weighted by Crippen LogP contribution is 2.20. The van der Waals surface area contributed by atoms with Crippen LogP contribution in [-0.4, -0.2) is 15.0 Å². The van der Waals surface area contributed by atoms with Crippen LogP contribution < -0.4 is 0 Å². The predicted molar refractivity (Wildman–Crippen MR) is 95.7 cm³/mol. The van der Waals surface area contributed by atoms with E-state index >= 15 is 0 Å². The molecule has 3 rings (SSSR count). The van der Waals surface area contributed by atoms with E-state index < -0.39 is 0 Å². The van der Waals surface area contributed by atoms with Crippen LogP contribution in [0.5, 0.6) is 0 Å². The minimum Gasteiger partial charge on any atom is -0.212 e. The van der Waals surface area contributed by atoms with Gasteiger partial charge < -0.3 is 0 Å². The predicted octanol–water partition coefficient (Wildman–Crippen LogP) is 4.23. The lowest BCUT2D eigenvalue weighted by atomic mass is 10.1. The lowest BCUT2D eigenvalue weighted by molar-refractivity contribution is 0.792. The van der Waals surface area contributed by atoms with Crippen molar-refractivity contribution in [1.29, 1.82) is 5.26 Å². The van der Waals surface area contributed by atoms with E-state index in [2.05, 4.69) is 48.4 Å². The third-order valence-electron chi connectivity index (χ3n) is 3.90. The molecule has 0 radical (unpaired) electrons. The minimum absolute atomic E-state index is 0.318. The number of aromatic nitrogens is 3. The van der Waals surface area contributed by atoms with E-state index in [0.29, 0.717) is 11.4 Å². The molecule has 2 aromatic carbocycles. The van der Waals surface area contributed by atoms with Crippen LogP contribution in [0.3, 0.4) is 0 Å². The molecule has 24 heavy (non-hydrogen) atoms. The van der Waals surface area contributed by atoms with Gasteiger partial charge in [-0.3, -0.25) is 0 Å². The summed E-state index contributed by atoms with van der Waals surface area (Å²) in [7, 11) is 0. The van der Waals surface area contributed by atoms with Crippen molar-refractivity contribution in [3.05, 3.63) is 76.1 Å². The Balaban J connectivity index is 2.05. The van der Waals surface area contributed by atoms with Gasteiger partial charge in [-0.15, -0.1) is 5.10 Å². The molecule has 0 atom stereocenters. The molecule has 0 saturated carbocycles. The first-order chi connectivity index (χ1) is 11.6. The summed E-state index contributed by atoms with van der Waals surface area (Å²) in [4.78, 5) is 0.